The number of hydrogen-bond donors (Lipinski definition) is 1. The van der Waals surface area contributed by atoms with Crippen LogP contribution in [0, 0.1) is 5.82 Å². The standard InChI is InChI=1S/C20H22FNO4/c1-26-18-11-7-15(8-12-18)3-2-4-19(23)22(14-20(24)25)13-16-5-9-17(21)10-6-16/h5-12H,2-4,13-14H2,1H3,(H,24,25). The van der Waals surface area contributed by atoms with Crippen LogP contribution in [0.2, 0.25) is 0 Å². The Labute approximate surface area is 152 Å². The van der Waals surface area contributed by atoms with Gasteiger partial charge in [-0.1, -0.05) is 24.3 Å². The maximum absolute atomic E-state index is 13.0. The molecule has 0 unspecified atom stereocenters. The summed E-state index contributed by atoms with van der Waals surface area (Å²) in [5.74, 6) is -0.901. The highest BCUT2D eigenvalue weighted by atomic mass is 19.1. The highest BCUT2D eigenvalue weighted by molar-refractivity contribution is 5.81. The van der Waals surface area contributed by atoms with Crippen molar-refractivity contribution in [1.82, 2.24) is 4.90 Å². The fraction of sp³-hybridized carbons (Fsp3) is 0.300. The van der Waals surface area contributed by atoms with Gasteiger partial charge in [0.2, 0.25) is 5.91 Å². The number of carbonyl (C=O) groups is 2. The van der Waals surface area contributed by atoms with Gasteiger partial charge >= 0.3 is 5.97 Å². The van der Waals surface area contributed by atoms with Crippen LogP contribution in [0.3, 0.4) is 0 Å². The Balaban J connectivity index is 1.90. The molecule has 2 aromatic rings. The largest absolute Gasteiger partial charge is 0.497 e. The van der Waals surface area contributed by atoms with E-state index in [4.69, 9.17) is 9.84 Å². The van der Waals surface area contributed by atoms with Crippen molar-refractivity contribution in [1.29, 1.82) is 0 Å². The molecule has 0 saturated heterocycles. The summed E-state index contributed by atoms with van der Waals surface area (Å²) in [6.07, 6.45) is 1.58. The maximum atomic E-state index is 13.0. The van der Waals surface area contributed by atoms with E-state index >= 15 is 0 Å². The molecule has 5 nitrogen and oxygen atoms in total. The van der Waals surface area contributed by atoms with Gasteiger partial charge in [-0.2, -0.15) is 0 Å². The van der Waals surface area contributed by atoms with Crippen LogP contribution in [0.5, 0.6) is 5.75 Å². The molecular weight excluding hydrogens is 337 g/mol. The maximum Gasteiger partial charge on any atom is 0.323 e. The second-order valence-electron chi connectivity index (χ2n) is 5.97. The van der Waals surface area contributed by atoms with E-state index in [9.17, 15) is 14.0 Å². The molecule has 0 saturated carbocycles. The number of amides is 1. The van der Waals surface area contributed by atoms with Gasteiger partial charge in [-0.15, -0.1) is 0 Å². The number of nitrogens with zero attached hydrogens (tertiary/aromatic N) is 1. The first-order chi connectivity index (χ1) is 12.5. The Morgan fingerprint density at radius 2 is 1.65 bits per heavy atom. The second kappa shape index (κ2) is 9.56. The third-order valence-corrected chi connectivity index (χ3v) is 3.98. The average Bonchev–Trinajstić information content (AvgIpc) is 2.63. The van der Waals surface area contributed by atoms with Crippen molar-refractivity contribution in [2.45, 2.75) is 25.8 Å². The van der Waals surface area contributed by atoms with Crippen molar-refractivity contribution < 1.29 is 23.8 Å². The van der Waals surface area contributed by atoms with E-state index in [2.05, 4.69) is 0 Å². The van der Waals surface area contributed by atoms with Crippen LogP contribution in [0.15, 0.2) is 48.5 Å². The van der Waals surface area contributed by atoms with Crippen molar-refractivity contribution in [3.63, 3.8) is 0 Å². The number of aliphatic carboxylic acids is 1. The van der Waals surface area contributed by atoms with Crippen LogP contribution >= 0.6 is 0 Å². The minimum absolute atomic E-state index is 0.147. The number of methoxy groups -OCH3 is 1. The predicted molar refractivity (Wildman–Crippen MR) is 95.4 cm³/mol. The van der Waals surface area contributed by atoms with Gasteiger partial charge in [0.05, 0.1) is 7.11 Å². The molecule has 0 spiro atoms. The molecule has 0 aromatic heterocycles. The predicted octanol–water partition coefficient (Wildman–Crippen LogP) is 3.27. The molecule has 0 radical (unpaired) electrons. The summed E-state index contributed by atoms with van der Waals surface area (Å²) in [6.45, 7) is -0.229. The van der Waals surface area contributed by atoms with Crippen molar-refractivity contribution in [2.24, 2.45) is 0 Å². The zero-order valence-corrected chi connectivity index (χ0v) is 14.7. The van der Waals surface area contributed by atoms with Gasteiger partial charge in [-0.3, -0.25) is 9.59 Å². The van der Waals surface area contributed by atoms with Gasteiger partial charge in [0.25, 0.3) is 0 Å². The molecule has 2 rings (SSSR count). The fourth-order valence-electron chi connectivity index (χ4n) is 2.60. The zero-order valence-electron chi connectivity index (χ0n) is 14.7. The normalized spacial score (nSPS) is 10.4. The van der Waals surface area contributed by atoms with Gasteiger partial charge in [0.15, 0.2) is 0 Å². The molecule has 0 aliphatic heterocycles. The van der Waals surface area contributed by atoms with Gasteiger partial charge in [-0.25, -0.2) is 4.39 Å². The molecule has 26 heavy (non-hydrogen) atoms. The lowest BCUT2D eigenvalue weighted by Crippen LogP contribution is -2.35. The van der Waals surface area contributed by atoms with Crippen LogP contribution in [0.25, 0.3) is 0 Å². The lowest BCUT2D eigenvalue weighted by Gasteiger charge is -2.21. The molecule has 0 aliphatic carbocycles. The summed E-state index contributed by atoms with van der Waals surface area (Å²) in [4.78, 5) is 24.7. The van der Waals surface area contributed by atoms with Gasteiger partial charge in [-0.05, 0) is 48.2 Å². The third kappa shape index (κ3) is 6.20. The summed E-state index contributed by atoms with van der Waals surface area (Å²) in [5, 5.41) is 9.04. The van der Waals surface area contributed by atoms with Crippen LogP contribution in [-0.2, 0) is 22.6 Å². The molecule has 1 N–H and O–H groups in total. The number of ether oxygens (including phenoxy) is 1. The number of carboxylic acid groups (broad SMARTS) is 1. The summed E-state index contributed by atoms with van der Waals surface area (Å²) in [7, 11) is 1.60. The summed E-state index contributed by atoms with van der Waals surface area (Å²) in [5.41, 5.74) is 1.78. The molecule has 1 amide bonds. The van der Waals surface area contributed by atoms with E-state index < -0.39 is 5.97 Å². The SMILES string of the molecule is COc1ccc(CCCC(=O)N(CC(=O)O)Cc2ccc(F)cc2)cc1. The number of rotatable bonds is 9. The highest BCUT2D eigenvalue weighted by Gasteiger charge is 2.17. The minimum atomic E-state index is -1.07. The quantitative estimate of drug-likeness (QED) is 0.746. The third-order valence-electron chi connectivity index (χ3n) is 3.98. The highest BCUT2D eigenvalue weighted by Crippen LogP contribution is 2.14. The van der Waals surface area contributed by atoms with E-state index in [-0.39, 0.29) is 31.2 Å². The van der Waals surface area contributed by atoms with Crippen molar-refractivity contribution in [3.05, 3.63) is 65.5 Å². The molecule has 0 atom stereocenters. The van der Waals surface area contributed by atoms with Crippen LogP contribution < -0.4 is 4.74 Å². The molecule has 2 aromatic carbocycles. The Kier molecular flexibility index (Phi) is 7.14. The van der Waals surface area contributed by atoms with Gasteiger partial charge < -0.3 is 14.7 Å². The molecule has 0 bridgehead atoms. The molecule has 0 fully saturated rings. The summed E-state index contributed by atoms with van der Waals surface area (Å²) >= 11 is 0. The molecular formula is C20H22FNO4. The topological polar surface area (TPSA) is 66.8 Å². The number of benzene rings is 2. The smallest absolute Gasteiger partial charge is 0.323 e. The van der Waals surface area contributed by atoms with Gasteiger partial charge in [0, 0.05) is 13.0 Å². The number of halogens is 1. The molecule has 0 aliphatic rings. The molecule has 0 heterocycles. The van der Waals surface area contributed by atoms with Crippen molar-refractivity contribution >= 4 is 11.9 Å². The Bertz CT molecular complexity index is 728. The summed E-state index contributed by atoms with van der Waals surface area (Å²) in [6, 6.07) is 13.3. The van der Waals surface area contributed by atoms with Crippen LogP contribution in [-0.4, -0.2) is 35.5 Å². The first kappa shape index (κ1) is 19.4. The Hall–Kier alpha value is -2.89. The number of carbonyl (C=O) groups excluding carboxylic acids is 1. The first-order valence-corrected chi connectivity index (χ1v) is 8.35. The number of hydrogen-bond acceptors (Lipinski definition) is 3. The zero-order chi connectivity index (χ0) is 18.9. The van der Waals surface area contributed by atoms with E-state index in [0.717, 1.165) is 11.3 Å². The van der Waals surface area contributed by atoms with Crippen LogP contribution in [0.1, 0.15) is 24.0 Å². The fourth-order valence-corrected chi connectivity index (χ4v) is 2.60. The van der Waals surface area contributed by atoms with E-state index in [1.54, 1.807) is 19.2 Å². The van der Waals surface area contributed by atoms with Crippen molar-refractivity contribution in [2.75, 3.05) is 13.7 Å². The summed E-state index contributed by atoms with van der Waals surface area (Å²) < 4.78 is 18.1. The molecule has 6 heteroatoms. The van der Waals surface area contributed by atoms with Gasteiger partial charge in [0.1, 0.15) is 18.1 Å². The first-order valence-electron chi connectivity index (χ1n) is 8.35. The number of aryl methyl sites for hydroxylation is 1. The average molecular weight is 359 g/mol. The second-order valence-corrected chi connectivity index (χ2v) is 5.97. The monoisotopic (exact) mass is 359 g/mol. The lowest BCUT2D eigenvalue weighted by atomic mass is 10.1. The minimum Gasteiger partial charge on any atom is -0.497 e. The number of carboxylic acids is 1. The Morgan fingerprint density at radius 1 is 1.04 bits per heavy atom. The van der Waals surface area contributed by atoms with E-state index in [1.807, 2.05) is 24.3 Å². The van der Waals surface area contributed by atoms with Crippen LogP contribution in [0.4, 0.5) is 4.39 Å². The van der Waals surface area contributed by atoms with Crippen molar-refractivity contribution in [3.8, 4) is 5.75 Å². The van der Waals surface area contributed by atoms with E-state index in [1.165, 1.54) is 17.0 Å². The Morgan fingerprint density at radius 3 is 2.23 bits per heavy atom. The molecule has 138 valence electrons. The van der Waals surface area contributed by atoms with E-state index in [0.29, 0.717) is 18.4 Å². The lowest BCUT2D eigenvalue weighted by molar-refractivity contribution is -0.144.